The largest absolute Gasteiger partial charge is 0.496 e. The lowest BCUT2D eigenvalue weighted by Gasteiger charge is -2.21. The quantitative estimate of drug-likeness (QED) is 0.941. The smallest absolute Gasteiger partial charge is 0.250 e. The Balaban J connectivity index is 2.15. The van der Waals surface area contributed by atoms with Gasteiger partial charge in [0.25, 0.3) is 0 Å². The first-order valence-electron chi connectivity index (χ1n) is 7.81. The molecule has 1 aliphatic heterocycles. The molecule has 0 unspecified atom stereocenters. The van der Waals surface area contributed by atoms with Crippen LogP contribution in [0.5, 0.6) is 5.75 Å². The van der Waals surface area contributed by atoms with Gasteiger partial charge in [-0.25, -0.2) is 0 Å². The number of nitrogens with one attached hydrogen (secondary N) is 1. The van der Waals surface area contributed by atoms with Crippen LogP contribution in [0.1, 0.15) is 35.3 Å². The van der Waals surface area contributed by atoms with Crippen molar-refractivity contribution in [1.82, 2.24) is 0 Å². The minimum absolute atomic E-state index is 0.0391. The number of aryl methyl sites for hydroxylation is 1. The van der Waals surface area contributed by atoms with Crippen molar-refractivity contribution >= 4 is 11.6 Å². The number of ether oxygens (including phenoxy) is 2. The molecule has 0 spiro atoms. The summed E-state index contributed by atoms with van der Waals surface area (Å²) in [5.74, 6) is 0.696. The number of amides is 1. The Morgan fingerprint density at radius 2 is 2.09 bits per heavy atom. The van der Waals surface area contributed by atoms with E-state index < -0.39 is 0 Å². The van der Waals surface area contributed by atoms with Gasteiger partial charge in [0.15, 0.2) is 0 Å². The molecule has 120 valence electrons. The second-order valence-corrected chi connectivity index (χ2v) is 5.69. The van der Waals surface area contributed by atoms with Crippen molar-refractivity contribution in [3.63, 3.8) is 0 Å². The Morgan fingerprint density at radius 3 is 2.83 bits per heavy atom. The summed E-state index contributed by atoms with van der Waals surface area (Å²) in [6.45, 7) is 4.17. The fourth-order valence-electron chi connectivity index (χ4n) is 2.99. The van der Waals surface area contributed by atoms with Gasteiger partial charge in [0.2, 0.25) is 5.91 Å². The summed E-state index contributed by atoms with van der Waals surface area (Å²) in [7, 11) is 1.66. The number of rotatable bonds is 3. The van der Waals surface area contributed by atoms with E-state index in [-0.39, 0.29) is 18.6 Å². The van der Waals surface area contributed by atoms with Crippen LogP contribution in [0.4, 0.5) is 5.69 Å². The molecule has 0 aromatic heterocycles. The molecule has 1 N–H and O–H groups in total. The van der Waals surface area contributed by atoms with Gasteiger partial charge in [-0.05, 0) is 42.2 Å². The van der Waals surface area contributed by atoms with E-state index in [1.54, 1.807) is 7.11 Å². The van der Waals surface area contributed by atoms with Gasteiger partial charge in [-0.1, -0.05) is 31.2 Å². The average molecular weight is 311 g/mol. The van der Waals surface area contributed by atoms with Gasteiger partial charge in [0.1, 0.15) is 18.5 Å². The van der Waals surface area contributed by atoms with Gasteiger partial charge in [-0.15, -0.1) is 0 Å². The van der Waals surface area contributed by atoms with E-state index in [0.717, 1.165) is 34.5 Å². The third-order valence-electron chi connectivity index (χ3n) is 4.29. The molecule has 0 bridgehead atoms. The number of carbonyl (C=O) groups excluding carboxylic acids is 1. The zero-order valence-electron chi connectivity index (χ0n) is 13.7. The van der Waals surface area contributed by atoms with E-state index in [9.17, 15) is 4.79 Å². The van der Waals surface area contributed by atoms with Crippen LogP contribution in [0, 0.1) is 6.92 Å². The molecule has 2 aromatic rings. The summed E-state index contributed by atoms with van der Waals surface area (Å²) in [5.41, 5.74) is 5.08. The standard InChI is InChI=1S/C19H21NO3/c1-4-13-8-9-16-15(10-13)19(23-11-18(21)20-16)14-6-5-7-17(22-3)12(14)2/h5-10,19H,4,11H2,1-3H3,(H,20,21)/t19-/m1/s1. The van der Waals surface area contributed by atoms with Gasteiger partial charge in [0.05, 0.1) is 7.11 Å². The van der Waals surface area contributed by atoms with Crippen LogP contribution in [0.2, 0.25) is 0 Å². The maximum Gasteiger partial charge on any atom is 0.250 e. The monoisotopic (exact) mass is 311 g/mol. The molecule has 1 heterocycles. The predicted molar refractivity (Wildman–Crippen MR) is 90.0 cm³/mol. The molecule has 1 amide bonds. The summed E-state index contributed by atoms with van der Waals surface area (Å²) in [4.78, 5) is 11.9. The Hall–Kier alpha value is -2.33. The van der Waals surface area contributed by atoms with Crippen molar-refractivity contribution in [2.45, 2.75) is 26.4 Å². The first-order chi connectivity index (χ1) is 11.1. The molecular formula is C19H21NO3. The fraction of sp³-hybridized carbons (Fsp3) is 0.316. The van der Waals surface area contributed by atoms with Gasteiger partial charge in [-0.3, -0.25) is 4.79 Å². The molecule has 0 saturated carbocycles. The molecule has 0 saturated heterocycles. The van der Waals surface area contributed by atoms with Crippen LogP contribution in [0.15, 0.2) is 36.4 Å². The van der Waals surface area contributed by atoms with Crippen molar-refractivity contribution in [3.05, 3.63) is 58.7 Å². The van der Waals surface area contributed by atoms with Crippen LogP contribution >= 0.6 is 0 Å². The lowest BCUT2D eigenvalue weighted by atomic mass is 9.94. The SMILES string of the molecule is CCc1ccc2c(c1)[C@@H](c1cccc(OC)c1C)OCC(=O)N2. The maximum absolute atomic E-state index is 11.9. The molecule has 23 heavy (non-hydrogen) atoms. The van der Waals surface area contributed by atoms with E-state index in [1.165, 1.54) is 5.56 Å². The van der Waals surface area contributed by atoms with Crippen LogP contribution < -0.4 is 10.1 Å². The number of carbonyl (C=O) groups is 1. The number of anilines is 1. The van der Waals surface area contributed by atoms with Gasteiger partial charge in [0, 0.05) is 11.3 Å². The summed E-state index contributed by atoms with van der Waals surface area (Å²) in [6, 6.07) is 12.0. The van der Waals surface area contributed by atoms with Crippen molar-refractivity contribution in [3.8, 4) is 5.75 Å². The van der Waals surface area contributed by atoms with Crippen LogP contribution in [-0.4, -0.2) is 19.6 Å². The maximum atomic E-state index is 11.9. The summed E-state index contributed by atoms with van der Waals surface area (Å²) >= 11 is 0. The predicted octanol–water partition coefficient (Wildman–Crippen LogP) is 3.62. The number of fused-ring (bicyclic) bond motifs is 1. The molecule has 3 rings (SSSR count). The van der Waals surface area contributed by atoms with E-state index >= 15 is 0 Å². The van der Waals surface area contributed by atoms with Crippen LogP contribution in [-0.2, 0) is 16.0 Å². The molecule has 4 nitrogen and oxygen atoms in total. The molecule has 0 fully saturated rings. The zero-order chi connectivity index (χ0) is 16.4. The minimum Gasteiger partial charge on any atom is -0.496 e. The molecule has 0 radical (unpaired) electrons. The van der Waals surface area contributed by atoms with Crippen molar-refractivity contribution in [2.24, 2.45) is 0 Å². The minimum atomic E-state index is -0.287. The molecule has 1 aliphatic rings. The van der Waals surface area contributed by atoms with Gasteiger partial charge >= 0.3 is 0 Å². The summed E-state index contributed by atoms with van der Waals surface area (Å²) < 4.78 is 11.4. The lowest BCUT2D eigenvalue weighted by Crippen LogP contribution is -2.15. The van der Waals surface area contributed by atoms with Crippen LogP contribution in [0.25, 0.3) is 0 Å². The normalized spacial score (nSPS) is 17.2. The third-order valence-corrected chi connectivity index (χ3v) is 4.29. The number of hydrogen-bond acceptors (Lipinski definition) is 3. The highest BCUT2D eigenvalue weighted by Crippen LogP contribution is 2.37. The number of benzene rings is 2. The topological polar surface area (TPSA) is 47.6 Å². The molecular weight excluding hydrogens is 290 g/mol. The Bertz CT molecular complexity index is 739. The molecule has 4 heteroatoms. The molecule has 0 aliphatic carbocycles. The molecule has 1 atom stereocenters. The first-order valence-corrected chi connectivity index (χ1v) is 7.81. The third kappa shape index (κ3) is 2.94. The van der Waals surface area contributed by atoms with E-state index in [0.29, 0.717) is 0 Å². The summed E-state index contributed by atoms with van der Waals surface area (Å²) in [6.07, 6.45) is 0.649. The fourth-order valence-corrected chi connectivity index (χ4v) is 2.99. The Kier molecular flexibility index (Phi) is 4.35. The second-order valence-electron chi connectivity index (χ2n) is 5.69. The van der Waals surface area contributed by atoms with Crippen LogP contribution in [0.3, 0.4) is 0 Å². The van der Waals surface area contributed by atoms with Crippen molar-refractivity contribution < 1.29 is 14.3 Å². The van der Waals surface area contributed by atoms with Crippen molar-refractivity contribution in [2.75, 3.05) is 19.0 Å². The molecule has 2 aromatic carbocycles. The van der Waals surface area contributed by atoms with E-state index in [2.05, 4.69) is 18.3 Å². The second kappa shape index (κ2) is 6.42. The lowest BCUT2D eigenvalue weighted by molar-refractivity contribution is -0.121. The highest BCUT2D eigenvalue weighted by Gasteiger charge is 2.26. The Labute approximate surface area is 136 Å². The Morgan fingerprint density at radius 1 is 1.26 bits per heavy atom. The first kappa shape index (κ1) is 15.6. The highest BCUT2D eigenvalue weighted by molar-refractivity contribution is 5.93. The van der Waals surface area contributed by atoms with Gasteiger partial charge < -0.3 is 14.8 Å². The zero-order valence-corrected chi connectivity index (χ0v) is 13.7. The average Bonchev–Trinajstić information content (AvgIpc) is 2.73. The number of methoxy groups -OCH3 is 1. The van der Waals surface area contributed by atoms with Crippen molar-refractivity contribution in [1.29, 1.82) is 0 Å². The van der Waals surface area contributed by atoms with E-state index in [1.807, 2.05) is 37.3 Å². The highest BCUT2D eigenvalue weighted by atomic mass is 16.5. The summed E-state index contributed by atoms with van der Waals surface area (Å²) in [5, 5.41) is 2.93. The van der Waals surface area contributed by atoms with E-state index in [4.69, 9.17) is 9.47 Å². The number of hydrogen-bond donors (Lipinski definition) is 1. The van der Waals surface area contributed by atoms with Gasteiger partial charge in [-0.2, -0.15) is 0 Å².